The van der Waals surface area contributed by atoms with Crippen LogP contribution in [0.2, 0.25) is 0 Å². The molecular formula is C18H28N3O4+. The van der Waals surface area contributed by atoms with Gasteiger partial charge in [-0.15, -0.1) is 0 Å². The fourth-order valence-corrected chi connectivity index (χ4v) is 2.94. The highest BCUT2D eigenvalue weighted by Crippen LogP contribution is 2.18. The quantitative estimate of drug-likeness (QED) is 0.471. The number of rotatable bonds is 9. The maximum absolute atomic E-state index is 12.6. The van der Waals surface area contributed by atoms with Gasteiger partial charge in [-0.1, -0.05) is 0 Å². The Bertz CT molecular complexity index is 662. The fourth-order valence-electron chi connectivity index (χ4n) is 2.94. The van der Waals surface area contributed by atoms with Crippen molar-refractivity contribution in [1.82, 2.24) is 9.88 Å². The number of ketones is 1. The molecule has 1 amide bonds. The maximum atomic E-state index is 12.6. The van der Waals surface area contributed by atoms with Crippen LogP contribution >= 0.6 is 0 Å². The summed E-state index contributed by atoms with van der Waals surface area (Å²) >= 11 is 0. The highest BCUT2D eigenvalue weighted by Gasteiger charge is 2.25. The first-order chi connectivity index (χ1) is 11.8. The Morgan fingerprint density at radius 2 is 1.96 bits per heavy atom. The molecule has 7 heteroatoms. The number of amides is 1. The molecule has 1 aromatic heterocycles. The first-order valence-electron chi connectivity index (χ1n) is 8.69. The second-order valence-corrected chi connectivity index (χ2v) is 6.84. The zero-order valence-corrected chi connectivity index (χ0v) is 15.5. The van der Waals surface area contributed by atoms with Crippen LogP contribution in [0.15, 0.2) is 6.07 Å². The van der Waals surface area contributed by atoms with Crippen LogP contribution in [0.25, 0.3) is 0 Å². The van der Waals surface area contributed by atoms with Gasteiger partial charge in [-0.2, -0.15) is 0 Å². The molecule has 0 aromatic carbocycles. The van der Waals surface area contributed by atoms with E-state index in [9.17, 15) is 14.4 Å². The molecule has 0 saturated heterocycles. The first kappa shape index (κ1) is 19.2. The summed E-state index contributed by atoms with van der Waals surface area (Å²) < 4.78 is 6.62. The standard InChI is InChI=1S/C18H27N3O4/c1-12-9-15(13(2)21(12)8-7-18(24)25-4)16(22)10-20(3)11-17(23)19-14-5-6-14/h9,14H,5-8,10-11H2,1-4H3,(H,19,23)/p+1. The second kappa shape index (κ2) is 8.29. The van der Waals surface area contributed by atoms with Gasteiger partial charge in [0.1, 0.15) is 6.54 Å². The number of nitrogens with zero attached hydrogens (tertiary/aromatic N) is 1. The SMILES string of the molecule is COC(=O)CCn1c(C)cc(C(=O)C[NH+](C)CC(=O)NC2CC2)c1C. The third-order valence-corrected chi connectivity index (χ3v) is 4.51. The van der Waals surface area contributed by atoms with E-state index in [1.54, 1.807) is 0 Å². The molecule has 1 aliphatic carbocycles. The van der Waals surface area contributed by atoms with Crippen LogP contribution in [0.1, 0.15) is 41.0 Å². The Balaban J connectivity index is 1.93. The highest BCUT2D eigenvalue weighted by atomic mass is 16.5. The van der Waals surface area contributed by atoms with Gasteiger partial charge in [-0.25, -0.2) is 0 Å². The van der Waals surface area contributed by atoms with Gasteiger partial charge >= 0.3 is 5.97 Å². The van der Waals surface area contributed by atoms with Crippen LogP contribution in [0.3, 0.4) is 0 Å². The Hall–Kier alpha value is -2.15. The van der Waals surface area contributed by atoms with Gasteiger partial charge in [-0.3, -0.25) is 14.4 Å². The third-order valence-electron chi connectivity index (χ3n) is 4.51. The number of aryl methyl sites for hydroxylation is 1. The number of aromatic nitrogens is 1. The van der Waals surface area contributed by atoms with Crippen molar-refractivity contribution in [3.63, 3.8) is 0 Å². The third kappa shape index (κ3) is 5.42. The average molecular weight is 350 g/mol. The molecule has 7 nitrogen and oxygen atoms in total. The molecule has 2 N–H and O–H groups in total. The molecule has 0 spiro atoms. The molecule has 2 rings (SSSR count). The predicted octanol–water partition coefficient (Wildman–Crippen LogP) is -0.356. The van der Waals surface area contributed by atoms with E-state index < -0.39 is 0 Å². The fraction of sp³-hybridized carbons (Fsp3) is 0.611. The van der Waals surface area contributed by atoms with Crippen molar-refractivity contribution in [3.05, 3.63) is 23.0 Å². The number of likely N-dealkylation sites (N-methyl/N-ethyl adjacent to an activating group) is 1. The molecule has 1 heterocycles. The van der Waals surface area contributed by atoms with E-state index in [0.29, 0.717) is 24.7 Å². The smallest absolute Gasteiger partial charge is 0.307 e. The summed E-state index contributed by atoms with van der Waals surface area (Å²) in [4.78, 5) is 36.6. The summed E-state index contributed by atoms with van der Waals surface area (Å²) in [5, 5.41) is 2.94. The molecule has 1 fully saturated rings. The molecule has 0 bridgehead atoms. The van der Waals surface area contributed by atoms with Crippen molar-refractivity contribution >= 4 is 17.7 Å². The van der Waals surface area contributed by atoms with Gasteiger partial charge in [0, 0.05) is 29.5 Å². The molecule has 1 saturated carbocycles. The second-order valence-electron chi connectivity index (χ2n) is 6.84. The predicted molar refractivity (Wildman–Crippen MR) is 92.7 cm³/mol. The van der Waals surface area contributed by atoms with Gasteiger partial charge in [0.25, 0.3) is 5.91 Å². The molecule has 1 aromatic rings. The van der Waals surface area contributed by atoms with Crippen LogP contribution in [-0.2, 0) is 20.9 Å². The molecule has 0 radical (unpaired) electrons. The average Bonchev–Trinajstić information content (AvgIpc) is 3.30. The number of carbonyl (C=O) groups excluding carboxylic acids is 3. The largest absolute Gasteiger partial charge is 0.469 e. The molecule has 1 aliphatic rings. The molecular weight excluding hydrogens is 322 g/mol. The summed E-state index contributed by atoms with van der Waals surface area (Å²) in [6, 6.07) is 2.19. The van der Waals surface area contributed by atoms with Gasteiger partial charge in [-0.05, 0) is 32.8 Å². The van der Waals surface area contributed by atoms with Crippen LogP contribution in [0.4, 0.5) is 0 Å². The Morgan fingerprint density at radius 3 is 2.56 bits per heavy atom. The molecule has 25 heavy (non-hydrogen) atoms. The van der Waals surface area contributed by atoms with Crippen LogP contribution < -0.4 is 10.2 Å². The van der Waals surface area contributed by atoms with E-state index in [1.165, 1.54) is 7.11 Å². The number of ether oxygens (including phenoxy) is 1. The molecule has 0 aliphatic heterocycles. The zero-order chi connectivity index (χ0) is 18.6. The summed E-state index contributed by atoms with van der Waals surface area (Å²) in [5.74, 6) is -0.267. The number of hydrogen-bond acceptors (Lipinski definition) is 4. The molecule has 1 unspecified atom stereocenters. The van der Waals surface area contributed by atoms with E-state index in [2.05, 4.69) is 10.1 Å². The Labute approximate surface area is 148 Å². The van der Waals surface area contributed by atoms with Gasteiger partial charge in [0.2, 0.25) is 5.78 Å². The van der Waals surface area contributed by atoms with Crippen molar-refractivity contribution in [3.8, 4) is 0 Å². The Morgan fingerprint density at radius 1 is 1.28 bits per heavy atom. The van der Waals surface area contributed by atoms with Crippen LogP contribution in [0, 0.1) is 13.8 Å². The van der Waals surface area contributed by atoms with Crippen molar-refractivity contribution in [2.45, 2.75) is 45.7 Å². The van der Waals surface area contributed by atoms with E-state index in [0.717, 1.165) is 29.1 Å². The number of hydrogen-bond donors (Lipinski definition) is 2. The van der Waals surface area contributed by atoms with Gasteiger partial charge in [0.05, 0.1) is 20.6 Å². The van der Waals surface area contributed by atoms with E-state index >= 15 is 0 Å². The maximum Gasteiger partial charge on any atom is 0.307 e. The van der Waals surface area contributed by atoms with Gasteiger partial charge < -0.3 is 19.5 Å². The monoisotopic (exact) mass is 350 g/mol. The van der Waals surface area contributed by atoms with Crippen molar-refractivity contribution in [1.29, 1.82) is 0 Å². The minimum atomic E-state index is -0.272. The van der Waals surface area contributed by atoms with Crippen LogP contribution in [0.5, 0.6) is 0 Å². The van der Waals surface area contributed by atoms with Crippen LogP contribution in [-0.4, -0.2) is 55.5 Å². The number of nitrogens with one attached hydrogen (secondary N) is 2. The number of Topliss-reactive ketones (excluding diaryl/α,β-unsaturated/α-hetero) is 1. The summed E-state index contributed by atoms with van der Waals surface area (Å²) in [5.41, 5.74) is 2.44. The number of quaternary nitrogens is 1. The lowest BCUT2D eigenvalue weighted by molar-refractivity contribution is -0.862. The van der Waals surface area contributed by atoms with Crippen molar-refractivity contribution < 1.29 is 24.0 Å². The topological polar surface area (TPSA) is 81.8 Å². The van der Waals surface area contributed by atoms with E-state index in [1.807, 2.05) is 31.5 Å². The number of carbonyl (C=O) groups is 3. The van der Waals surface area contributed by atoms with Crippen molar-refractivity contribution in [2.24, 2.45) is 0 Å². The zero-order valence-electron chi connectivity index (χ0n) is 15.5. The molecule has 138 valence electrons. The normalized spacial score (nSPS) is 14.9. The lowest BCUT2D eigenvalue weighted by atomic mass is 10.1. The highest BCUT2D eigenvalue weighted by molar-refractivity contribution is 5.98. The number of methoxy groups -OCH3 is 1. The lowest BCUT2D eigenvalue weighted by Crippen LogP contribution is -3.11. The number of esters is 1. The minimum Gasteiger partial charge on any atom is -0.469 e. The van der Waals surface area contributed by atoms with Gasteiger partial charge in [0.15, 0.2) is 6.54 Å². The Kier molecular flexibility index (Phi) is 6.36. The van der Waals surface area contributed by atoms with E-state index in [-0.39, 0.29) is 30.6 Å². The minimum absolute atomic E-state index is 0.00338. The molecule has 1 atom stereocenters. The van der Waals surface area contributed by atoms with E-state index in [4.69, 9.17) is 0 Å². The summed E-state index contributed by atoms with van der Waals surface area (Å²) in [7, 11) is 3.21. The summed E-state index contributed by atoms with van der Waals surface area (Å²) in [6.45, 7) is 4.85. The lowest BCUT2D eigenvalue weighted by Gasteiger charge is -2.13. The van der Waals surface area contributed by atoms with Crippen molar-refractivity contribution in [2.75, 3.05) is 27.2 Å². The summed E-state index contributed by atoms with van der Waals surface area (Å²) in [6.07, 6.45) is 2.38. The first-order valence-corrected chi connectivity index (χ1v) is 8.69.